The highest BCUT2D eigenvalue weighted by molar-refractivity contribution is 7.07. The normalized spacial score (nSPS) is 14.9. The second kappa shape index (κ2) is 8.82. The Morgan fingerprint density at radius 2 is 1.92 bits per heavy atom. The number of nitrogens with zero attached hydrogens (tertiary/aromatic N) is 4. The number of likely N-dealkylation sites (N-methyl/N-ethyl adjacent to an activating group) is 1. The lowest BCUT2D eigenvalue weighted by Crippen LogP contribution is -2.30. The summed E-state index contributed by atoms with van der Waals surface area (Å²) in [4.78, 5) is 9.20. The molecule has 0 aliphatic carbocycles. The van der Waals surface area contributed by atoms with Gasteiger partial charge in [-0.3, -0.25) is 0 Å². The number of rotatable bonds is 7. The first kappa shape index (κ1) is 19.1. The van der Waals surface area contributed by atoms with Crippen molar-refractivity contribution in [2.24, 2.45) is 0 Å². The van der Waals surface area contributed by atoms with Crippen LogP contribution in [0.15, 0.2) is 12.1 Å². The SMILES string of the molecule is CCN(C)CCc1cc(C)c(Oc2nc(N3CCCCC3)ns2)cc1C. The molecular formula is C20H30N4OS. The summed E-state index contributed by atoms with van der Waals surface area (Å²) >= 11 is 1.34. The minimum Gasteiger partial charge on any atom is -0.430 e. The Morgan fingerprint density at radius 1 is 1.15 bits per heavy atom. The van der Waals surface area contributed by atoms with Gasteiger partial charge in [0.25, 0.3) is 5.19 Å². The first-order valence-corrected chi connectivity index (χ1v) is 10.4. The predicted octanol–water partition coefficient (Wildman–Crippen LogP) is 4.43. The zero-order valence-electron chi connectivity index (χ0n) is 16.4. The van der Waals surface area contributed by atoms with Gasteiger partial charge in [0.1, 0.15) is 5.75 Å². The van der Waals surface area contributed by atoms with Gasteiger partial charge in [-0.05, 0) is 75.9 Å². The van der Waals surface area contributed by atoms with Gasteiger partial charge in [-0.2, -0.15) is 4.98 Å². The zero-order chi connectivity index (χ0) is 18.5. The fourth-order valence-electron chi connectivity index (χ4n) is 3.26. The van der Waals surface area contributed by atoms with E-state index in [1.807, 2.05) is 0 Å². The number of benzene rings is 1. The molecule has 0 atom stereocenters. The minimum atomic E-state index is 0.631. The van der Waals surface area contributed by atoms with Crippen molar-refractivity contribution in [1.29, 1.82) is 0 Å². The maximum Gasteiger partial charge on any atom is 0.300 e. The van der Waals surface area contributed by atoms with E-state index >= 15 is 0 Å². The fourth-order valence-corrected chi connectivity index (χ4v) is 3.82. The van der Waals surface area contributed by atoms with Crippen LogP contribution in [-0.4, -0.2) is 47.5 Å². The summed E-state index contributed by atoms with van der Waals surface area (Å²) < 4.78 is 10.6. The molecule has 0 radical (unpaired) electrons. The summed E-state index contributed by atoms with van der Waals surface area (Å²) in [5, 5.41) is 0.631. The monoisotopic (exact) mass is 374 g/mol. The molecule has 2 aromatic rings. The van der Waals surface area contributed by atoms with Gasteiger partial charge in [-0.1, -0.05) is 13.0 Å². The number of ether oxygens (including phenoxy) is 1. The van der Waals surface area contributed by atoms with Gasteiger partial charge in [0.05, 0.1) is 0 Å². The first-order chi connectivity index (χ1) is 12.6. The van der Waals surface area contributed by atoms with Crippen molar-refractivity contribution in [2.75, 3.05) is 38.1 Å². The summed E-state index contributed by atoms with van der Waals surface area (Å²) in [6.45, 7) is 10.7. The lowest BCUT2D eigenvalue weighted by molar-refractivity contribution is 0.357. The van der Waals surface area contributed by atoms with Crippen molar-refractivity contribution in [3.63, 3.8) is 0 Å². The highest BCUT2D eigenvalue weighted by Crippen LogP contribution is 2.31. The molecule has 0 amide bonds. The van der Waals surface area contributed by atoms with Gasteiger partial charge in [-0.25, -0.2) is 0 Å². The van der Waals surface area contributed by atoms with E-state index in [0.29, 0.717) is 5.19 Å². The zero-order valence-corrected chi connectivity index (χ0v) is 17.2. The molecule has 1 saturated heterocycles. The third-order valence-electron chi connectivity index (χ3n) is 5.17. The van der Waals surface area contributed by atoms with Crippen LogP contribution in [0.1, 0.15) is 42.9 Å². The average molecular weight is 375 g/mol. The molecule has 142 valence electrons. The summed E-state index contributed by atoms with van der Waals surface area (Å²) in [6.07, 6.45) is 4.82. The Balaban J connectivity index is 1.68. The molecular weight excluding hydrogens is 344 g/mol. The molecule has 0 spiro atoms. The Labute approximate surface area is 161 Å². The number of hydrogen-bond acceptors (Lipinski definition) is 6. The standard InChI is InChI=1S/C20H30N4OS/c1-5-23(4)12-9-17-13-16(3)18(14-15(17)2)25-20-21-19(22-26-20)24-10-7-6-8-11-24/h13-14H,5-12H2,1-4H3. The molecule has 26 heavy (non-hydrogen) atoms. The quantitative estimate of drug-likeness (QED) is 0.717. The molecule has 0 unspecified atom stereocenters. The summed E-state index contributed by atoms with van der Waals surface area (Å²) in [6, 6.07) is 4.39. The smallest absolute Gasteiger partial charge is 0.300 e. The van der Waals surface area contributed by atoms with Gasteiger partial charge in [0, 0.05) is 31.2 Å². The molecule has 6 heteroatoms. The maximum absolute atomic E-state index is 6.07. The topological polar surface area (TPSA) is 41.5 Å². The molecule has 0 N–H and O–H groups in total. The van der Waals surface area contributed by atoms with Crippen LogP contribution in [0.5, 0.6) is 10.9 Å². The van der Waals surface area contributed by atoms with Crippen molar-refractivity contribution < 1.29 is 4.74 Å². The van der Waals surface area contributed by atoms with Crippen molar-refractivity contribution in [2.45, 2.75) is 46.5 Å². The highest BCUT2D eigenvalue weighted by Gasteiger charge is 2.17. The second-order valence-electron chi connectivity index (χ2n) is 7.20. The largest absolute Gasteiger partial charge is 0.430 e. The molecule has 1 aromatic carbocycles. The number of hydrogen-bond donors (Lipinski definition) is 0. The minimum absolute atomic E-state index is 0.631. The van der Waals surface area contributed by atoms with Gasteiger partial charge < -0.3 is 14.5 Å². The van der Waals surface area contributed by atoms with E-state index in [2.05, 4.69) is 59.1 Å². The number of piperidine rings is 1. The molecule has 3 rings (SSSR count). The Bertz CT molecular complexity index is 725. The average Bonchev–Trinajstić information content (AvgIpc) is 3.12. The van der Waals surface area contributed by atoms with Crippen LogP contribution in [0.4, 0.5) is 5.95 Å². The van der Waals surface area contributed by atoms with Gasteiger partial charge in [-0.15, -0.1) is 4.37 Å². The Morgan fingerprint density at radius 3 is 2.65 bits per heavy atom. The summed E-state index contributed by atoms with van der Waals surface area (Å²) in [5.74, 6) is 1.70. The lowest BCUT2D eigenvalue weighted by Gasteiger charge is -2.24. The third-order valence-corrected chi connectivity index (χ3v) is 5.75. The van der Waals surface area contributed by atoms with Gasteiger partial charge >= 0.3 is 0 Å². The summed E-state index contributed by atoms with van der Waals surface area (Å²) in [7, 11) is 2.16. The third kappa shape index (κ3) is 4.74. The lowest BCUT2D eigenvalue weighted by atomic mass is 10.0. The molecule has 1 fully saturated rings. The van der Waals surface area contributed by atoms with Crippen LogP contribution in [0.25, 0.3) is 0 Å². The van der Waals surface area contributed by atoms with Crippen molar-refractivity contribution in [1.82, 2.24) is 14.3 Å². The summed E-state index contributed by atoms with van der Waals surface area (Å²) in [5.41, 5.74) is 3.82. The van der Waals surface area contributed by atoms with Crippen LogP contribution in [0.3, 0.4) is 0 Å². The molecule has 2 heterocycles. The highest BCUT2D eigenvalue weighted by atomic mass is 32.1. The van der Waals surface area contributed by atoms with Crippen LogP contribution >= 0.6 is 11.5 Å². The number of anilines is 1. The fraction of sp³-hybridized carbons (Fsp3) is 0.600. The van der Waals surface area contributed by atoms with Crippen LogP contribution < -0.4 is 9.64 Å². The Hall–Kier alpha value is -1.66. The molecule has 5 nitrogen and oxygen atoms in total. The van der Waals surface area contributed by atoms with E-state index in [-0.39, 0.29) is 0 Å². The van der Waals surface area contributed by atoms with Crippen molar-refractivity contribution in [3.05, 3.63) is 28.8 Å². The van der Waals surface area contributed by atoms with E-state index in [1.165, 1.54) is 41.9 Å². The van der Waals surface area contributed by atoms with E-state index < -0.39 is 0 Å². The second-order valence-corrected chi connectivity index (χ2v) is 7.91. The number of aromatic nitrogens is 2. The Kier molecular flexibility index (Phi) is 6.48. The number of aryl methyl sites for hydroxylation is 2. The van der Waals surface area contributed by atoms with Gasteiger partial charge in [0.15, 0.2) is 0 Å². The van der Waals surface area contributed by atoms with Gasteiger partial charge in [0.2, 0.25) is 5.95 Å². The van der Waals surface area contributed by atoms with E-state index in [4.69, 9.17) is 4.74 Å². The molecule has 1 aromatic heterocycles. The van der Waals surface area contributed by atoms with E-state index in [0.717, 1.165) is 49.9 Å². The predicted molar refractivity (Wildman–Crippen MR) is 109 cm³/mol. The van der Waals surface area contributed by atoms with Crippen LogP contribution in [-0.2, 0) is 6.42 Å². The maximum atomic E-state index is 6.07. The molecule has 1 aliphatic heterocycles. The van der Waals surface area contributed by atoms with Crippen LogP contribution in [0.2, 0.25) is 0 Å². The molecule has 0 saturated carbocycles. The molecule has 0 bridgehead atoms. The first-order valence-electron chi connectivity index (χ1n) is 9.62. The van der Waals surface area contributed by atoms with E-state index in [9.17, 15) is 0 Å². The van der Waals surface area contributed by atoms with Crippen molar-refractivity contribution in [3.8, 4) is 10.9 Å². The van der Waals surface area contributed by atoms with E-state index in [1.54, 1.807) is 0 Å². The van der Waals surface area contributed by atoms with Crippen LogP contribution in [0, 0.1) is 13.8 Å². The van der Waals surface area contributed by atoms with Crippen molar-refractivity contribution >= 4 is 17.5 Å². The molecule has 1 aliphatic rings.